The summed E-state index contributed by atoms with van der Waals surface area (Å²) in [4.78, 5) is 13.8. The SMILES string of the molecule is Cc1ccsc1CNC(=O)C[S@](=O)Cc1ccc(Cl)s1. The molecule has 2 rings (SSSR count). The average Bonchev–Trinajstić information content (AvgIpc) is 2.96. The van der Waals surface area contributed by atoms with Crippen molar-refractivity contribution in [1.82, 2.24) is 5.32 Å². The first-order valence-corrected chi connectivity index (χ1v) is 9.49. The van der Waals surface area contributed by atoms with Crippen LogP contribution in [0.2, 0.25) is 4.34 Å². The molecule has 0 aliphatic heterocycles. The second-order valence-corrected chi connectivity index (χ2v) is 8.50. The number of nitrogens with one attached hydrogen (secondary N) is 1. The summed E-state index contributed by atoms with van der Waals surface area (Å²) in [6, 6.07) is 5.64. The van der Waals surface area contributed by atoms with Gasteiger partial charge in [0.2, 0.25) is 5.91 Å². The van der Waals surface area contributed by atoms with Crippen LogP contribution in [0.5, 0.6) is 0 Å². The van der Waals surface area contributed by atoms with Gasteiger partial charge in [-0.15, -0.1) is 22.7 Å². The molecule has 1 amide bonds. The first-order valence-electron chi connectivity index (χ1n) is 5.93. The van der Waals surface area contributed by atoms with Crippen LogP contribution >= 0.6 is 34.3 Å². The minimum atomic E-state index is -1.20. The Labute approximate surface area is 133 Å². The molecule has 7 heteroatoms. The molecule has 0 unspecified atom stereocenters. The fourth-order valence-electron chi connectivity index (χ4n) is 1.60. The molecule has 108 valence electrons. The number of hydrogen-bond donors (Lipinski definition) is 1. The molecule has 20 heavy (non-hydrogen) atoms. The summed E-state index contributed by atoms with van der Waals surface area (Å²) in [5, 5.41) is 4.80. The molecular formula is C13H14ClNO2S3. The van der Waals surface area contributed by atoms with Crippen LogP contribution in [0.15, 0.2) is 23.6 Å². The van der Waals surface area contributed by atoms with Gasteiger partial charge in [0.15, 0.2) is 0 Å². The van der Waals surface area contributed by atoms with E-state index >= 15 is 0 Å². The van der Waals surface area contributed by atoms with Gasteiger partial charge in [0, 0.05) is 20.6 Å². The van der Waals surface area contributed by atoms with E-state index in [9.17, 15) is 9.00 Å². The maximum Gasteiger partial charge on any atom is 0.232 e. The van der Waals surface area contributed by atoms with Crippen molar-refractivity contribution in [3.63, 3.8) is 0 Å². The molecular weight excluding hydrogens is 334 g/mol. The molecule has 3 nitrogen and oxygen atoms in total. The van der Waals surface area contributed by atoms with E-state index in [4.69, 9.17) is 11.6 Å². The van der Waals surface area contributed by atoms with Crippen molar-refractivity contribution in [3.8, 4) is 0 Å². The average molecular weight is 348 g/mol. The van der Waals surface area contributed by atoms with Crippen molar-refractivity contribution in [1.29, 1.82) is 0 Å². The minimum absolute atomic E-state index is 0.0277. The number of carbonyl (C=O) groups is 1. The van der Waals surface area contributed by atoms with Gasteiger partial charge in [-0.25, -0.2) is 0 Å². The number of hydrogen-bond acceptors (Lipinski definition) is 4. The summed E-state index contributed by atoms with van der Waals surface area (Å²) in [6.45, 7) is 2.51. The standard InChI is InChI=1S/C13H14ClNO2S3/c1-9-4-5-18-11(9)6-15-13(16)8-20(17)7-10-2-3-12(14)19-10/h2-5H,6-8H2,1H3,(H,15,16)/t20-/m1/s1. The van der Waals surface area contributed by atoms with E-state index in [0.717, 1.165) is 9.75 Å². The molecule has 1 atom stereocenters. The fraction of sp³-hybridized carbons (Fsp3) is 0.308. The highest BCUT2D eigenvalue weighted by molar-refractivity contribution is 7.85. The molecule has 2 heterocycles. The highest BCUT2D eigenvalue weighted by Crippen LogP contribution is 2.22. The summed E-state index contributed by atoms with van der Waals surface area (Å²) < 4.78 is 12.6. The van der Waals surface area contributed by atoms with Gasteiger partial charge in [-0.1, -0.05) is 11.6 Å². The quantitative estimate of drug-likeness (QED) is 0.871. The smallest absolute Gasteiger partial charge is 0.232 e. The van der Waals surface area contributed by atoms with E-state index in [0.29, 0.717) is 16.6 Å². The Kier molecular flexibility index (Phi) is 5.77. The van der Waals surface area contributed by atoms with Crippen LogP contribution in [-0.4, -0.2) is 15.9 Å². The topological polar surface area (TPSA) is 46.2 Å². The van der Waals surface area contributed by atoms with Gasteiger partial charge >= 0.3 is 0 Å². The Morgan fingerprint density at radius 1 is 1.40 bits per heavy atom. The highest BCUT2D eigenvalue weighted by atomic mass is 35.5. The second-order valence-electron chi connectivity index (χ2n) is 4.24. The van der Waals surface area contributed by atoms with Gasteiger partial charge < -0.3 is 5.32 Å². The van der Waals surface area contributed by atoms with Crippen LogP contribution in [-0.2, 0) is 27.9 Å². The Hall–Kier alpha value is -0.690. The molecule has 0 aliphatic carbocycles. The van der Waals surface area contributed by atoms with Gasteiger partial charge in [-0.3, -0.25) is 9.00 Å². The van der Waals surface area contributed by atoms with Crippen LogP contribution in [0.3, 0.4) is 0 Å². The maximum atomic E-state index is 11.9. The summed E-state index contributed by atoms with van der Waals surface area (Å²) in [6.07, 6.45) is 0. The van der Waals surface area contributed by atoms with E-state index in [1.807, 2.05) is 24.4 Å². The molecule has 2 aromatic rings. The molecule has 0 saturated carbocycles. The molecule has 0 spiro atoms. The Bertz CT molecular complexity index is 621. The van der Waals surface area contributed by atoms with Crippen LogP contribution < -0.4 is 5.32 Å². The van der Waals surface area contributed by atoms with E-state index < -0.39 is 10.8 Å². The first kappa shape index (κ1) is 15.7. The van der Waals surface area contributed by atoms with E-state index in [1.54, 1.807) is 17.4 Å². The van der Waals surface area contributed by atoms with Crippen molar-refractivity contribution >= 4 is 51.0 Å². The predicted octanol–water partition coefficient (Wildman–Crippen LogP) is 3.34. The lowest BCUT2D eigenvalue weighted by Gasteiger charge is -2.04. The van der Waals surface area contributed by atoms with Crippen molar-refractivity contribution in [2.45, 2.75) is 19.2 Å². The number of halogens is 1. The zero-order valence-electron chi connectivity index (χ0n) is 10.8. The zero-order chi connectivity index (χ0) is 14.5. The largest absolute Gasteiger partial charge is 0.350 e. The van der Waals surface area contributed by atoms with Crippen LogP contribution in [0.4, 0.5) is 0 Å². The van der Waals surface area contributed by atoms with E-state index in [-0.39, 0.29) is 11.7 Å². The van der Waals surface area contributed by atoms with E-state index in [2.05, 4.69) is 5.32 Å². The minimum Gasteiger partial charge on any atom is -0.350 e. The van der Waals surface area contributed by atoms with Crippen LogP contribution in [0.1, 0.15) is 15.3 Å². The summed E-state index contributed by atoms with van der Waals surface area (Å²) in [7, 11) is -1.20. The van der Waals surface area contributed by atoms with Crippen LogP contribution in [0.25, 0.3) is 0 Å². The third-order valence-corrected chi connectivity index (χ3v) is 6.29. The Balaban J connectivity index is 1.76. The first-order chi connectivity index (χ1) is 9.54. The third kappa shape index (κ3) is 4.70. The molecule has 1 N–H and O–H groups in total. The fourth-order valence-corrected chi connectivity index (χ4v) is 4.87. The van der Waals surface area contributed by atoms with Crippen molar-refractivity contribution in [2.75, 3.05) is 5.75 Å². The molecule has 0 radical (unpaired) electrons. The highest BCUT2D eigenvalue weighted by Gasteiger charge is 2.10. The number of aryl methyl sites for hydroxylation is 1. The van der Waals surface area contributed by atoms with Gasteiger partial charge in [0.25, 0.3) is 0 Å². The summed E-state index contributed by atoms with van der Waals surface area (Å²) in [5.41, 5.74) is 1.17. The van der Waals surface area contributed by atoms with E-state index in [1.165, 1.54) is 16.9 Å². The zero-order valence-corrected chi connectivity index (χ0v) is 14.1. The number of amides is 1. The summed E-state index contributed by atoms with van der Waals surface area (Å²) in [5.74, 6) is 0.224. The van der Waals surface area contributed by atoms with Gasteiger partial charge in [-0.2, -0.15) is 0 Å². The molecule has 0 aliphatic rings. The molecule has 0 fully saturated rings. The van der Waals surface area contributed by atoms with Gasteiger partial charge in [-0.05, 0) is 36.1 Å². The third-order valence-electron chi connectivity index (χ3n) is 2.64. The van der Waals surface area contributed by atoms with Gasteiger partial charge in [0.1, 0.15) is 5.75 Å². The Morgan fingerprint density at radius 3 is 2.80 bits per heavy atom. The Morgan fingerprint density at radius 2 is 2.20 bits per heavy atom. The number of rotatable bonds is 6. The van der Waals surface area contributed by atoms with Crippen molar-refractivity contribution < 1.29 is 9.00 Å². The molecule has 0 aromatic carbocycles. The normalized spacial score (nSPS) is 12.3. The maximum absolute atomic E-state index is 11.9. The predicted molar refractivity (Wildman–Crippen MR) is 86.9 cm³/mol. The lowest BCUT2D eigenvalue weighted by molar-refractivity contribution is -0.118. The monoisotopic (exact) mass is 347 g/mol. The number of thiophene rings is 2. The molecule has 0 saturated heterocycles. The lowest BCUT2D eigenvalue weighted by Crippen LogP contribution is -2.28. The summed E-state index contributed by atoms with van der Waals surface area (Å²) >= 11 is 8.82. The second kappa shape index (κ2) is 7.36. The van der Waals surface area contributed by atoms with Crippen molar-refractivity contribution in [3.05, 3.63) is 43.2 Å². The molecule has 2 aromatic heterocycles. The van der Waals surface area contributed by atoms with Gasteiger partial charge in [0.05, 0.1) is 16.6 Å². The lowest BCUT2D eigenvalue weighted by atomic mass is 10.3. The van der Waals surface area contributed by atoms with Crippen LogP contribution in [0, 0.1) is 6.92 Å². The molecule has 0 bridgehead atoms. The van der Waals surface area contributed by atoms with Crippen molar-refractivity contribution in [2.24, 2.45) is 0 Å². The number of carbonyl (C=O) groups excluding carboxylic acids is 1.